The Hall–Kier alpha value is -1.35. The first-order valence-corrected chi connectivity index (χ1v) is 4.79. The van der Waals surface area contributed by atoms with E-state index in [0.717, 1.165) is 15.4 Å². The van der Waals surface area contributed by atoms with Crippen LogP contribution in [-0.4, -0.2) is 4.98 Å². The molecule has 0 saturated carbocycles. The number of aromatic nitrogens is 1. The molecule has 1 aromatic carbocycles. The van der Waals surface area contributed by atoms with E-state index in [1.807, 2.05) is 30.3 Å². The highest BCUT2D eigenvalue weighted by molar-refractivity contribution is 7.15. The second-order valence-corrected chi connectivity index (χ2v) is 3.95. The van der Waals surface area contributed by atoms with Crippen LogP contribution in [0.5, 0.6) is 5.88 Å². The van der Waals surface area contributed by atoms with E-state index in [1.165, 1.54) is 11.3 Å². The Kier molecular flexibility index (Phi) is 2.02. The van der Waals surface area contributed by atoms with Gasteiger partial charge in [-0.25, -0.2) is 0 Å². The van der Waals surface area contributed by atoms with Crippen molar-refractivity contribution in [2.24, 2.45) is 0 Å². The Morgan fingerprint density at radius 3 is 2.46 bits per heavy atom. The summed E-state index contributed by atoms with van der Waals surface area (Å²) in [5, 5.41) is 11.9. The molecular formula is C10H8NOS-. The van der Waals surface area contributed by atoms with Crippen LogP contribution in [0.15, 0.2) is 30.3 Å². The van der Waals surface area contributed by atoms with Crippen LogP contribution in [0.25, 0.3) is 10.6 Å². The summed E-state index contributed by atoms with van der Waals surface area (Å²) in [6.07, 6.45) is 0. The van der Waals surface area contributed by atoms with E-state index in [1.54, 1.807) is 6.92 Å². The zero-order valence-corrected chi connectivity index (χ0v) is 7.97. The maximum Gasteiger partial charge on any atom is 0.122 e. The lowest BCUT2D eigenvalue weighted by molar-refractivity contribution is -0.274. The maximum atomic E-state index is 11.1. The minimum Gasteiger partial charge on any atom is -0.858 e. The van der Waals surface area contributed by atoms with Gasteiger partial charge in [0.15, 0.2) is 0 Å². The van der Waals surface area contributed by atoms with Crippen LogP contribution in [0.1, 0.15) is 4.88 Å². The predicted octanol–water partition coefficient (Wildman–Crippen LogP) is 2.19. The van der Waals surface area contributed by atoms with Crippen molar-refractivity contribution >= 4 is 11.3 Å². The van der Waals surface area contributed by atoms with Gasteiger partial charge in [-0.1, -0.05) is 30.3 Å². The second-order valence-electron chi connectivity index (χ2n) is 2.75. The van der Waals surface area contributed by atoms with Crippen LogP contribution in [0.3, 0.4) is 0 Å². The average Bonchev–Trinajstić information content (AvgIpc) is 2.49. The maximum absolute atomic E-state index is 11.1. The van der Waals surface area contributed by atoms with Gasteiger partial charge in [0.25, 0.3) is 0 Å². The molecule has 66 valence electrons. The predicted molar refractivity (Wildman–Crippen MR) is 51.7 cm³/mol. The minimum atomic E-state index is -0.108. The van der Waals surface area contributed by atoms with Gasteiger partial charge in [-0.15, -0.1) is 11.3 Å². The number of benzene rings is 1. The van der Waals surface area contributed by atoms with Gasteiger partial charge in [0.05, 0.1) is 0 Å². The highest BCUT2D eigenvalue weighted by Crippen LogP contribution is 2.28. The van der Waals surface area contributed by atoms with Crippen molar-refractivity contribution in [3.63, 3.8) is 0 Å². The summed E-state index contributed by atoms with van der Waals surface area (Å²) >= 11 is 1.44. The topological polar surface area (TPSA) is 36.0 Å². The molecule has 0 aliphatic carbocycles. The van der Waals surface area contributed by atoms with Gasteiger partial charge >= 0.3 is 0 Å². The normalized spacial score (nSPS) is 10.2. The van der Waals surface area contributed by atoms with Gasteiger partial charge in [-0.05, 0) is 6.92 Å². The van der Waals surface area contributed by atoms with Crippen molar-refractivity contribution in [1.29, 1.82) is 0 Å². The monoisotopic (exact) mass is 190 g/mol. The highest BCUT2D eigenvalue weighted by Gasteiger charge is 2.01. The molecule has 13 heavy (non-hydrogen) atoms. The van der Waals surface area contributed by atoms with Crippen molar-refractivity contribution < 1.29 is 5.11 Å². The third-order valence-electron chi connectivity index (χ3n) is 1.77. The number of rotatable bonds is 1. The summed E-state index contributed by atoms with van der Waals surface area (Å²) in [6, 6.07) is 9.74. The molecule has 2 nitrogen and oxygen atoms in total. The third-order valence-corrected chi connectivity index (χ3v) is 2.78. The van der Waals surface area contributed by atoms with Gasteiger partial charge < -0.3 is 5.11 Å². The lowest BCUT2D eigenvalue weighted by Gasteiger charge is -1.96. The average molecular weight is 190 g/mol. The lowest BCUT2D eigenvalue weighted by atomic mass is 10.2. The smallest absolute Gasteiger partial charge is 0.122 e. The van der Waals surface area contributed by atoms with Gasteiger partial charge in [0.1, 0.15) is 5.01 Å². The van der Waals surface area contributed by atoms with Crippen LogP contribution < -0.4 is 5.11 Å². The molecule has 0 spiro atoms. The molecule has 0 saturated heterocycles. The van der Waals surface area contributed by atoms with Crippen LogP contribution >= 0.6 is 11.3 Å². The summed E-state index contributed by atoms with van der Waals surface area (Å²) in [7, 11) is 0. The molecule has 0 fully saturated rings. The van der Waals surface area contributed by atoms with Gasteiger partial charge in [0.2, 0.25) is 0 Å². The number of thiazole rings is 1. The van der Waals surface area contributed by atoms with Gasteiger partial charge in [-0.3, -0.25) is 4.98 Å². The molecule has 1 aromatic heterocycles. The minimum absolute atomic E-state index is 0.108. The van der Waals surface area contributed by atoms with E-state index in [0.29, 0.717) is 0 Å². The lowest BCUT2D eigenvalue weighted by Crippen LogP contribution is -1.90. The van der Waals surface area contributed by atoms with Crippen LogP contribution in [0.2, 0.25) is 0 Å². The fourth-order valence-electron chi connectivity index (χ4n) is 1.09. The van der Waals surface area contributed by atoms with E-state index in [9.17, 15) is 5.11 Å². The molecule has 1 heterocycles. The van der Waals surface area contributed by atoms with Crippen LogP contribution in [0, 0.1) is 6.92 Å². The quantitative estimate of drug-likeness (QED) is 0.691. The van der Waals surface area contributed by atoms with Crippen molar-refractivity contribution in [1.82, 2.24) is 4.98 Å². The van der Waals surface area contributed by atoms with E-state index >= 15 is 0 Å². The standard InChI is InChI=1S/C10H9NOS/c1-7-9(12)11-10(13-7)8-5-3-2-4-6-8/h2-6,12H,1H3/p-1. The Balaban J connectivity index is 2.48. The van der Waals surface area contributed by atoms with E-state index in [-0.39, 0.29) is 5.88 Å². The summed E-state index contributed by atoms with van der Waals surface area (Å²) < 4.78 is 0. The third kappa shape index (κ3) is 1.55. The van der Waals surface area contributed by atoms with Gasteiger partial charge in [0, 0.05) is 16.3 Å². The molecule has 2 rings (SSSR count). The molecule has 0 amide bonds. The van der Waals surface area contributed by atoms with E-state index in [2.05, 4.69) is 4.98 Å². The highest BCUT2D eigenvalue weighted by atomic mass is 32.1. The molecule has 0 bridgehead atoms. The number of hydrogen-bond donors (Lipinski definition) is 0. The summed E-state index contributed by atoms with van der Waals surface area (Å²) in [5.41, 5.74) is 1.01. The van der Waals surface area contributed by atoms with E-state index in [4.69, 9.17) is 0 Å². The Labute approximate surface area is 80.5 Å². The Morgan fingerprint density at radius 1 is 1.23 bits per heavy atom. The zero-order chi connectivity index (χ0) is 9.26. The largest absolute Gasteiger partial charge is 0.858 e. The van der Waals surface area contributed by atoms with Gasteiger partial charge in [-0.2, -0.15) is 0 Å². The van der Waals surface area contributed by atoms with Crippen LogP contribution in [0.4, 0.5) is 0 Å². The zero-order valence-electron chi connectivity index (χ0n) is 7.15. The molecule has 0 aliphatic heterocycles. The summed E-state index contributed by atoms with van der Waals surface area (Å²) in [4.78, 5) is 4.69. The van der Waals surface area contributed by atoms with E-state index < -0.39 is 0 Å². The SMILES string of the molecule is Cc1sc(-c2ccccc2)nc1[O-]. The first-order valence-electron chi connectivity index (χ1n) is 3.97. The number of nitrogens with zero attached hydrogens (tertiary/aromatic N) is 1. The molecule has 0 unspecified atom stereocenters. The molecule has 0 radical (unpaired) electrons. The van der Waals surface area contributed by atoms with Crippen molar-refractivity contribution in [3.05, 3.63) is 35.2 Å². The fourth-order valence-corrected chi connectivity index (χ4v) is 1.89. The number of aryl methyl sites for hydroxylation is 1. The second kappa shape index (κ2) is 3.18. The first-order chi connectivity index (χ1) is 6.27. The molecule has 2 aromatic rings. The fraction of sp³-hybridized carbons (Fsp3) is 0.100. The Bertz CT molecular complexity index is 389. The molecular weight excluding hydrogens is 182 g/mol. The molecule has 0 atom stereocenters. The van der Waals surface area contributed by atoms with Crippen molar-refractivity contribution in [2.75, 3.05) is 0 Å². The number of hydrogen-bond acceptors (Lipinski definition) is 3. The van der Waals surface area contributed by atoms with Crippen molar-refractivity contribution in [3.8, 4) is 16.5 Å². The summed E-state index contributed by atoms with van der Waals surface area (Å²) in [5.74, 6) is -0.108. The molecule has 0 aliphatic rings. The Morgan fingerprint density at radius 2 is 1.92 bits per heavy atom. The molecule has 0 N–H and O–H groups in total. The van der Waals surface area contributed by atoms with Crippen LogP contribution in [-0.2, 0) is 0 Å². The first kappa shape index (κ1) is 8.26. The van der Waals surface area contributed by atoms with Crippen molar-refractivity contribution in [2.45, 2.75) is 6.92 Å². The molecule has 3 heteroatoms. The summed E-state index contributed by atoms with van der Waals surface area (Å²) in [6.45, 7) is 1.80.